The van der Waals surface area contributed by atoms with E-state index in [1.54, 1.807) is 0 Å². The predicted molar refractivity (Wildman–Crippen MR) is 60.6 cm³/mol. The van der Waals surface area contributed by atoms with Crippen molar-refractivity contribution in [1.82, 2.24) is 0 Å². The molecule has 1 amide bonds. The van der Waals surface area contributed by atoms with Crippen LogP contribution in [0.25, 0.3) is 0 Å². The highest BCUT2D eigenvalue weighted by atomic mass is 19.2. The Balaban J connectivity index is 2.38. The molecule has 0 fully saturated rings. The summed E-state index contributed by atoms with van der Waals surface area (Å²) in [5.41, 5.74) is -1.37. The van der Waals surface area contributed by atoms with Crippen molar-refractivity contribution in [2.75, 3.05) is 5.32 Å². The van der Waals surface area contributed by atoms with Crippen LogP contribution in [0, 0.1) is 29.1 Å². The summed E-state index contributed by atoms with van der Waals surface area (Å²) in [5.74, 6) is -9.82. The Morgan fingerprint density at radius 1 is 0.850 bits per heavy atom. The maximum Gasteiger partial charge on any atom is 0.258 e. The SMILES string of the molecule is O=C(Nc1ccccc1F)c1cc(F)c(F)c(F)c1F. The molecule has 2 aromatic carbocycles. The number of amides is 1. The summed E-state index contributed by atoms with van der Waals surface area (Å²) in [7, 11) is 0. The molecule has 2 rings (SSSR count). The van der Waals surface area contributed by atoms with Crippen molar-refractivity contribution < 1.29 is 26.7 Å². The molecule has 0 unspecified atom stereocenters. The Kier molecular flexibility index (Phi) is 3.69. The number of hydrogen-bond acceptors (Lipinski definition) is 1. The summed E-state index contributed by atoms with van der Waals surface area (Å²) in [6, 6.07) is 5.13. The molecule has 0 heterocycles. The topological polar surface area (TPSA) is 29.1 Å². The number of para-hydroxylation sites is 1. The standard InChI is InChI=1S/C13H6F5NO/c14-7-3-1-2-4-9(7)19-13(20)6-5-8(15)11(17)12(18)10(6)16/h1-5H,(H,19,20). The molecule has 0 radical (unpaired) electrons. The second-order valence-electron chi connectivity index (χ2n) is 3.78. The lowest BCUT2D eigenvalue weighted by Crippen LogP contribution is -2.17. The quantitative estimate of drug-likeness (QED) is 0.510. The van der Waals surface area contributed by atoms with E-state index in [0.717, 1.165) is 6.07 Å². The van der Waals surface area contributed by atoms with E-state index >= 15 is 0 Å². The number of hydrogen-bond donors (Lipinski definition) is 1. The average Bonchev–Trinajstić information content (AvgIpc) is 2.43. The maximum absolute atomic E-state index is 13.4. The van der Waals surface area contributed by atoms with Crippen molar-refractivity contribution >= 4 is 11.6 Å². The minimum atomic E-state index is -2.11. The highest BCUT2D eigenvalue weighted by Gasteiger charge is 2.23. The third-order valence-electron chi connectivity index (χ3n) is 2.47. The van der Waals surface area contributed by atoms with E-state index in [9.17, 15) is 26.7 Å². The first-order chi connectivity index (χ1) is 9.41. The molecule has 0 atom stereocenters. The van der Waals surface area contributed by atoms with Crippen molar-refractivity contribution in [1.29, 1.82) is 0 Å². The smallest absolute Gasteiger partial charge is 0.258 e. The maximum atomic E-state index is 13.4. The molecule has 0 saturated carbocycles. The van der Waals surface area contributed by atoms with E-state index < -0.39 is 40.6 Å². The third-order valence-corrected chi connectivity index (χ3v) is 2.47. The minimum absolute atomic E-state index is 0.198. The van der Waals surface area contributed by atoms with Crippen LogP contribution in [0.15, 0.2) is 30.3 Å². The molecule has 0 aliphatic heterocycles. The fraction of sp³-hybridized carbons (Fsp3) is 0. The highest BCUT2D eigenvalue weighted by molar-refractivity contribution is 6.04. The summed E-state index contributed by atoms with van der Waals surface area (Å²) in [4.78, 5) is 11.6. The van der Waals surface area contributed by atoms with E-state index in [4.69, 9.17) is 0 Å². The molecule has 2 aromatic rings. The molecule has 0 saturated heterocycles. The van der Waals surface area contributed by atoms with Gasteiger partial charge in [0.15, 0.2) is 23.3 Å². The first-order valence-corrected chi connectivity index (χ1v) is 5.30. The summed E-state index contributed by atoms with van der Waals surface area (Å²) < 4.78 is 65.3. The van der Waals surface area contributed by atoms with Gasteiger partial charge in [0.2, 0.25) is 0 Å². The Hall–Kier alpha value is -2.44. The Bertz CT molecular complexity index is 687. The molecular weight excluding hydrogens is 281 g/mol. The number of carbonyl (C=O) groups is 1. The molecule has 0 bridgehead atoms. The van der Waals surface area contributed by atoms with Crippen LogP contribution in [0.3, 0.4) is 0 Å². The van der Waals surface area contributed by atoms with Crippen molar-refractivity contribution in [3.8, 4) is 0 Å². The second-order valence-corrected chi connectivity index (χ2v) is 3.78. The number of nitrogens with one attached hydrogen (secondary N) is 1. The van der Waals surface area contributed by atoms with Crippen LogP contribution < -0.4 is 5.32 Å². The van der Waals surface area contributed by atoms with Gasteiger partial charge in [-0.05, 0) is 18.2 Å². The van der Waals surface area contributed by atoms with E-state index in [2.05, 4.69) is 0 Å². The van der Waals surface area contributed by atoms with Gasteiger partial charge in [0.05, 0.1) is 11.3 Å². The molecule has 0 aliphatic carbocycles. The molecule has 0 aromatic heterocycles. The third kappa shape index (κ3) is 2.47. The number of carbonyl (C=O) groups excluding carboxylic acids is 1. The van der Waals surface area contributed by atoms with Gasteiger partial charge in [-0.2, -0.15) is 0 Å². The lowest BCUT2D eigenvalue weighted by molar-refractivity contribution is 0.102. The van der Waals surface area contributed by atoms with Crippen LogP contribution in [-0.2, 0) is 0 Å². The summed E-state index contributed by atoms with van der Waals surface area (Å²) >= 11 is 0. The van der Waals surface area contributed by atoms with Gasteiger partial charge in [-0.25, -0.2) is 22.0 Å². The van der Waals surface area contributed by atoms with Crippen LogP contribution in [0.2, 0.25) is 0 Å². The number of anilines is 1. The minimum Gasteiger partial charge on any atom is -0.319 e. The van der Waals surface area contributed by atoms with E-state index in [1.807, 2.05) is 5.32 Å². The van der Waals surface area contributed by atoms with Crippen LogP contribution in [0.4, 0.5) is 27.6 Å². The monoisotopic (exact) mass is 287 g/mol. The van der Waals surface area contributed by atoms with Crippen molar-refractivity contribution in [2.45, 2.75) is 0 Å². The molecule has 2 nitrogen and oxygen atoms in total. The Labute approximate surface area is 109 Å². The Morgan fingerprint density at radius 2 is 1.50 bits per heavy atom. The fourth-order valence-electron chi connectivity index (χ4n) is 1.49. The number of rotatable bonds is 2. The molecular formula is C13H6F5NO. The Morgan fingerprint density at radius 3 is 2.15 bits per heavy atom. The molecule has 7 heteroatoms. The molecule has 0 aliphatic rings. The van der Waals surface area contributed by atoms with E-state index in [1.165, 1.54) is 18.2 Å². The first kappa shape index (κ1) is 14.0. The zero-order valence-corrected chi connectivity index (χ0v) is 9.68. The van der Waals surface area contributed by atoms with Gasteiger partial charge in [0.25, 0.3) is 5.91 Å². The number of halogens is 5. The van der Waals surface area contributed by atoms with E-state index in [-0.39, 0.29) is 11.8 Å². The van der Waals surface area contributed by atoms with Gasteiger partial charge >= 0.3 is 0 Å². The van der Waals surface area contributed by atoms with Crippen LogP contribution in [0.5, 0.6) is 0 Å². The summed E-state index contributed by atoms with van der Waals surface area (Å²) in [6.07, 6.45) is 0. The zero-order chi connectivity index (χ0) is 14.9. The van der Waals surface area contributed by atoms with Crippen LogP contribution >= 0.6 is 0 Å². The molecule has 104 valence electrons. The van der Waals surface area contributed by atoms with Gasteiger partial charge < -0.3 is 5.32 Å². The average molecular weight is 287 g/mol. The van der Waals surface area contributed by atoms with Crippen LogP contribution in [0.1, 0.15) is 10.4 Å². The lowest BCUT2D eigenvalue weighted by Gasteiger charge is -2.08. The molecule has 20 heavy (non-hydrogen) atoms. The molecule has 0 spiro atoms. The fourth-order valence-corrected chi connectivity index (χ4v) is 1.49. The van der Waals surface area contributed by atoms with Crippen LogP contribution in [-0.4, -0.2) is 5.91 Å². The van der Waals surface area contributed by atoms with Gasteiger partial charge in [-0.15, -0.1) is 0 Å². The second kappa shape index (κ2) is 5.28. The summed E-state index contributed by atoms with van der Waals surface area (Å²) in [6.45, 7) is 0. The predicted octanol–water partition coefficient (Wildman–Crippen LogP) is 3.63. The number of benzene rings is 2. The normalized spacial score (nSPS) is 10.4. The first-order valence-electron chi connectivity index (χ1n) is 5.30. The van der Waals surface area contributed by atoms with E-state index in [0.29, 0.717) is 0 Å². The van der Waals surface area contributed by atoms with Gasteiger partial charge in [-0.3, -0.25) is 4.79 Å². The van der Waals surface area contributed by atoms with Crippen molar-refractivity contribution in [2.24, 2.45) is 0 Å². The highest BCUT2D eigenvalue weighted by Crippen LogP contribution is 2.20. The summed E-state index contributed by atoms with van der Waals surface area (Å²) in [5, 5.41) is 1.93. The largest absolute Gasteiger partial charge is 0.319 e. The lowest BCUT2D eigenvalue weighted by atomic mass is 10.1. The van der Waals surface area contributed by atoms with Crippen molar-refractivity contribution in [3.05, 3.63) is 65.0 Å². The van der Waals surface area contributed by atoms with Gasteiger partial charge in [-0.1, -0.05) is 12.1 Å². The molecule has 1 N–H and O–H groups in total. The van der Waals surface area contributed by atoms with Gasteiger partial charge in [0, 0.05) is 0 Å². The van der Waals surface area contributed by atoms with Gasteiger partial charge in [0.1, 0.15) is 5.82 Å². The van der Waals surface area contributed by atoms with Crippen molar-refractivity contribution in [3.63, 3.8) is 0 Å². The zero-order valence-electron chi connectivity index (χ0n) is 9.68.